The predicted molar refractivity (Wildman–Crippen MR) is 59.3 cm³/mol. The van der Waals surface area contributed by atoms with Crippen molar-refractivity contribution in [3.8, 4) is 0 Å². The number of methoxy groups -OCH3 is 1. The minimum atomic E-state index is -0.373. The number of carbonyl (C=O) groups is 1. The van der Waals surface area contributed by atoms with Gasteiger partial charge in [0.1, 0.15) is 5.82 Å². The van der Waals surface area contributed by atoms with Gasteiger partial charge in [-0.2, -0.15) is 0 Å². The first-order chi connectivity index (χ1) is 7.74. The fourth-order valence-electron chi connectivity index (χ4n) is 1.64. The number of aryl methyl sites for hydroxylation is 1. The topological polar surface area (TPSA) is 52.1 Å². The highest BCUT2D eigenvalue weighted by atomic mass is 16.5. The van der Waals surface area contributed by atoms with Crippen LogP contribution in [0.15, 0.2) is 6.07 Å². The molecule has 0 saturated heterocycles. The lowest BCUT2D eigenvalue weighted by Gasteiger charge is -2.05. The molecule has 0 amide bonds. The maximum atomic E-state index is 11.5. The van der Waals surface area contributed by atoms with Gasteiger partial charge in [-0.1, -0.05) is 13.3 Å². The molecule has 4 nitrogen and oxygen atoms in total. The van der Waals surface area contributed by atoms with Crippen molar-refractivity contribution >= 4 is 5.97 Å². The van der Waals surface area contributed by atoms with Crippen LogP contribution in [0.1, 0.15) is 54.1 Å². The number of esters is 1. The monoisotopic (exact) mass is 220 g/mol. The van der Waals surface area contributed by atoms with Crippen molar-refractivity contribution in [2.45, 2.75) is 38.5 Å². The summed E-state index contributed by atoms with van der Waals surface area (Å²) in [6.07, 6.45) is 4.17. The van der Waals surface area contributed by atoms with Crippen LogP contribution in [0.3, 0.4) is 0 Å². The summed E-state index contributed by atoms with van der Waals surface area (Å²) in [6, 6.07) is 1.74. The number of hydrogen-bond acceptors (Lipinski definition) is 4. The molecule has 0 atom stereocenters. The third-order valence-electron chi connectivity index (χ3n) is 2.64. The van der Waals surface area contributed by atoms with E-state index in [0.29, 0.717) is 11.6 Å². The van der Waals surface area contributed by atoms with Gasteiger partial charge in [-0.25, -0.2) is 14.8 Å². The summed E-state index contributed by atoms with van der Waals surface area (Å²) in [5.74, 6) is 0.896. The van der Waals surface area contributed by atoms with E-state index >= 15 is 0 Å². The van der Waals surface area contributed by atoms with E-state index in [1.807, 2.05) is 0 Å². The zero-order valence-corrected chi connectivity index (χ0v) is 9.69. The van der Waals surface area contributed by atoms with E-state index in [-0.39, 0.29) is 5.97 Å². The second-order valence-corrected chi connectivity index (χ2v) is 4.12. The minimum absolute atomic E-state index is 0.373. The zero-order chi connectivity index (χ0) is 11.5. The lowest BCUT2D eigenvalue weighted by Crippen LogP contribution is -2.09. The highest BCUT2D eigenvalue weighted by molar-refractivity contribution is 5.87. The molecule has 16 heavy (non-hydrogen) atoms. The molecule has 0 aromatic carbocycles. The van der Waals surface area contributed by atoms with Gasteiger partial charge in [0, 0.05) is 11.6 Å². The first kappa shape index (κ1) is 11.0. The van der Waals surface area contributed by atoms with Gasteiger partial charge in [-0.15, -0.1) is 0 Å². The van der Waals surface area contributed by atoms with E-state index < -0.39 is 0 Å². The summed E-state index contributed by atoms with van der Waals surface area (Å²) in [5.41, 5.74) is 1.34. The van der Waals surface area contributed by atoms with Gasteiger partial charge < -0.3 is 4.74 Å². The molecule has 2 rings (SSSR count). The Hall–Kier alpha value is -1.45. The number of nitrogens with zero attached hydrogens (tertiary/aromatic N) is 2. The highest BCUT2D eigenvalue weighted by Crippen LogP contribution is 2.38. The molecule has 1 heterocycles. The summed E-state index contributed by atoms with van der Waals surface area (Å²) in [4.78, 5) is 20.2. The third kappa shape index (κ3) is 2.38. The molecule has 0 spiro atoms. The molecular weight excluding hydrogens is 204 g/mol. The molecule has 0 radical (unpaired) electrons. The SMILES string of the molecule is CCCc1cc(C(=O)OC)nc(C2CC2)n1. The molecule has 0 aliphatic heterocycles. The van der Waals surface area contributed by atoms with Crippen molar-refractivity contribution in [3.05, 3.63) is 23.3 Å². The predicted octanol–water partition coefficient (Wildman–Crippen LogP) is 2.09. The summed E-state index contributed by atoms with van der Waals surface area (Å²) in [7, 11) is 1.38. The number of carbonyl (C=O) groups excluding carboxylic acids is 1. The molecule has 1 aliphatic carbocycles. The normalized spacial score (nSPS) is 14.9. The van der Waals surface area contributed by atoms with Crippen LogP contribution in [-0.4, -0.2) is 23.0 Å². The first-order valence-electron chi connectivity index (χ1n) is 5.70. The first-order valence-corrected chi connectivity index (χ1v) is 5.70. The fraction of sp³-hybridized carbons (Fsp3) is 0.583. The van der Waals surface area contributed by atoms with Crippen LogP contribution >= 0.6 is 0 Å². The van der Waals surface area contributed by atoms with E-state index in [1.165, 1.54) is 7.11 Å². The maximum Gasteiger partial charge on any atom is 0.356 e. The molecule has 86 valence electrons. The Labute approximate surface area is 95.1 Å². The average molecular weight is 220 g/mol. The van der Waals surface area contributed by atoms with Crippen molar-refractivity contribution < 1.29 is 9.53 Å². The second-order valence-electron chi connectivity index (χ2n) is 4.12. The van der Waals surface area contributed by atoms with Gasteiger partial charge in [0.2, 0.25) is 0 Å². The van der Waals surface area contributed by atoms with Crippen LogP contribution in [0.4, 0.5) is 0 Å². The Morgan fingerprint density at radius 1 is 1.50 bits per heavy atom. The molecule has 1 fully saturated rings. The van der Waals surface area contributed by atoms with Crippen LogP contribution < -0.4 is 0 Å². The van der Waals surface area contributed by atoms with Gasteiger partial charge in [0.15, 0.2) is 5.69 Å². The van der Waals surface area contributed by atoms with Crippen LogP contribution in [0.2, 0.25) is 0 Å². The van der Waals surface area contributed by atoms with Crippen molar-refractivity contribution in [3.63, 3.8) is 0 Å². The zero-order valence-electron chi connectivity index (χ0n) is 9.69. The summed E-state index contributed by atoms with van der Waals surface area (Å²) >= 11 is 0. The maximum absolute atomic E-state index is 11.5. The molecule has 0 bridgehead atoms. The molecule has 0 N–H and O–H groups in total. The van der Waals surface area contributed by atoms with Gasteiger partial charge in [-0.3, -0.25) is 0 Å². The van der Waals surface area contributed by atoms with Crippen LogP contribution in [-0.2, 0) is 11.2 Å². The summed E-state index contributed by atoms with van der Waals surface area (Å²) in [5, 5.41) is 0. The average Bonchev–Trinajstić information content (AvgIpc) is 3.12. The van der Waals surface area contributed by atoms with Crippen LogP contribution in [0, 0.1) is 0 Å². The summed E-state index contributed by atoms with van der Waals surface area (Å²) < 4.78 is 4.70. The van der Waals surface area contributed by atoms with E-state index in [2.05, 4.69) is 16.9 Å². The molecular formula is C12H16N2O2. The Morgan fingerprint density at radius 2 is 2.25 bits per heavy atom. The van der Waals surface area contributed by atoms with Crippen molar-refractivity contribution in [2.24, 2.45) is 0 Å². The van der Waals surface area contributed by atoms with Gasteiger partial charge in [0.05, 0.1) is 7.11 Å². The van der Waals surface area contributed by atoms with Gasteiger partial charge in [-0.05, 0) is 25.3 Å². The molecule has 0 unspecified atom stereocenters. The Morgan fingerprint density at radius 3 is 2.81 bits per heavy atom. The molecule has 1 aromatic heterocycles. The van der Waals surface area contributed by atoms with E-state index in [4.69, 9.17) is 4.74 Å². The van der Waals surface area contributed by atoms with Crippen molar-refractivity contribution in [1.82, 2.24) is 9.97 Å². The Bertz CT molecular complexity index is 400. The number of rotatable bonds is 4. The van der Waals surface area contributed by atoms with E-state index in [0.717, 1.165) is 37.2 Å². The number of aromatic nitrogens is 2. The quantitative estimate of drug-likeness (QED) is 0.729. The largest absolute Gasteiger partial charge is 0.464 e. The molecule has 1 saturated carbocycles. The van der Waals surface area contributed by atoms with Crippen LogP contribution in [0.25, 0.3) is 0 Å². The van der Waals surface area contributed by atoms with Crippen LogP contribution in [0.5, 0.6) is 0 Å². The minimum Gasteiger partial charge on any atom is -0.464 e. The Balaban J connectivity index is 2.32. The lowest BCUT2D eigenvalue weighted by atomic mass is 10.2. The van der Waals surface area contributed by atoms with Gasteiger partial charge in [0.25, 0.3) is 0 Å². The van der Waals surface area contributed by atoms with E-state index in [9.17, 15) is 4.79 Å². The van der Waals surface area contributed by atoms with Crippen molar-refractivity contribution in [2.75, 3.05) is 7.11 Å². The molecule has 1 aromatic rings. The smallest absolute Gasteiger partial charge is 0.356 e. The fourth-order valence-corrected chi connectivity index (χ4v) is 1.64. The number of ether oxygens (including phenoxy) is 1. The second kappa shape index (κ2) is 4.60. The third-order valence-corrected chi connectivity index (χ3v) is 2.64. The number of hydrogen-bond donors (Lipinski definition) is 0. The molecule has 1 aliphatic rings. The van der Waals surface area contributed by atoms with E-state index in [1.54, 1.807) is 6.07 Å². The highest BCUT2D eigenvalue weighted by Gasteiger charge is 2.28. The van der Waals surface area contributed by atoms with Crippen molar-refractivity contribution in [1.29, 1.82) is 0 Å². The Kier molecular flexibility index (Phi) is 3.17. The lowest BCUT2D eigenvalue weighted by molar-refractivity contribution is 0.0593. The summed E-state index contributed by atoms with van der Waals surface area (Å²) in [6.45, 7) is 2.09. The standard InChI is InChI=1S/C12H16N2O2/c1-3-4-9-7-10(12(15)16-2)14-11(13-9)8-5-6-8/h7-8H,3-6H2,1-2H3. The molecule has 4 heteroatoms. The van der Waals surface area contributed by atoms with Gasteiger partial charge >= 0.3 is 5.97 Å².